The van der Waals surface area contributed by atoms with Crippen LogP contribution in [0.5, 0.6) is 5.75 Å². The van der Waals surface area contributed by atoms with Gasteiger partial charge in [0.1, 0.15) is 5.75 Å². The van der Waals surface area contributed by atoms with Crippen LogP contribution in [0.15, 0.2) is 36.4 Å². The van der Waals surface area contributed by atoms with Gasteiger partial charge in [-0.25, -0.2) is 0 Å². The number of rotatable bonds is 9. The second-order valence-electron chi connectivity index (χ2n) is 9.97. The van der Waals surface area contributed by atoms with Crippen molar-refractivity contribution < 1.29 is 9.47 Å². The Morgan fingerprint density at radius 2 is 1.55 bits per heavy atom. The highest BCUT2D eigenvalue weighted by Gasteiger charge is 2.28. The Kier molecular flexibility index (Phi) is 8.28. The summed E-state index contributed by atoms with van der Waals surface area (Å²) in [7, 11) is 3.48. The molecule has 2 aromatic carbocycles. The number of methoxy groups -OCH3 is 1. The Labute approximate surface area is 181 Å². The first kappa shape index (κ1) is 24.3. The molecule has 0 aliphatic rings. The van der Waals surface area contributed by atoms with Crippen LogP contribution < -0.4 is 25.7 Å². The van der Waals surface area contributed by atoms with E-state index >= 15 is 0 Å². The average Bonchev–Trinajstić information content (AvgIpc) is 2.59. The third-order valence-corrected chi connectivity index (χ3v) is 10.3. The van der Waals surface area contributed by atoms with Crippen LogP contribution in [0.25, 0.3) is 0 Å². The van der Waals surface area contributed by atoms with Crippen LogP contribution in [0, 0.1) is 0 Å². The van der Waals surface area contributed by atoms with E-state index in [2.05, 4.69) is 94.7 Å². The van der Waals surface area contributed by atoms with Gasteiger partial charge >= 0.3 is 0 Å². The number of hydrogen-bond acceptors (Lipinski definition) is 3. The molecule has 0 amide bonds. The first-order valence-corrected chi connectivity index (χ1v) is 18.2. The average molecular weight is 448 g/mol. The van der Waals surface area contributed by atoms with Crippen molar-refractivity contribution in [1.82, 2.24) is 4.90 Å². The fourth-order valence-electron chi connectivity index (χ4n) is 3.25. The minimum Gasteiger partial charge on any atom is -0.467 e. The van der Waals surface area contributed by atoms with Gasteiger partial charge in [-0.05, 0) is 30.2 Å². The van der Waals surface area contributed by atoms with E-state index in [1.54, 1.807) is 7.11 Å². The van der Waals surface area contributed by atoms with Gasteiger partial charge in [-0.1, -0.05) is 89.4 Å². The van der Waals surface area contributed by atoms with Crippen molar-refractivity contribution >= 4 is 45.7 Å². The highest BCUT2D eigenvalue weighted by atomic mass is 31.1. The molecule has 0 N–H and O–H groups in total. The standard InChI is InChI=1S/C23H38NO2PSi2/c1-24(2)16-18-12-10-11-13-20(18)27-21-14-19(28(4,5)6)15-22(29(7,8)9)23(21)26-17-25-3/h10-15,27H,16-17H2,1-9H3. The minimum atomic E-state index is -1.59. The summed E-state index contributed by atoms with van der Waals surface area (Å²) in [5.74, 6) is 1.06. The zero-order chi connectivity index (χ0) is 21.8. The van der Waals surface area contributed by atoms with Crippen LogP contribution >= 0.6 is 8.58 Å². The SMILES string of the molecule is COCOc1c(Pc2ccccc2CN(C)C)cc([Si](C)(C)C)cc1[Si](C)(C)C. The molecule has 0 radical (unpaired) electrons. The molecule has 0 bridgehead atoms. The molecule has 0 spiro atoms. The number of ether oxygens (including phenoxy) is 2. The maximum absolute atomic E-state index is 6.23. The van der Waals surface area contributed by atoms with Crippen molar-refractivity contribution in [3.63, 3.8) is 0 Å². The number of nitrogens with zero attached hydrogens (tertiary/aromatic N) is 1. The van der Waals surface area contributed by atoms with Crippen LogP contribution in [0.4, 0.5) is 0 Å². The summed E-state index contributed by atoms with van der Waals surface area (Å²) in [5.41, 5.74) is 1.39. The maximum Gasteiger partial charge on any atom is 0.188 e. The van der Waals surface area contributed by atoms with Crippen molar-refractivity contribution in [3.8, 4) is 5.75 Å². The van der Waals surface area contributed by atoms with E-state index in [9.17, 15) is 0 Å². The lowest BCUT2D eigenvalue weighted by Gasteiger charge is -2.28. The van der Waals surface area contributed by atoms with Gasteiger partial charge in [-0.2, -0.15) is 0 Å². The van der Waals surface area contributed by atoms with Crippen LogP contribution in [-0.2, 0) is 11.3 Å². The molecule has 0 saturated carbocycles. The smallest absolute Gasteiger partial charge is 0.188 e. The van der Waals surface area contributed by atoms with E-state index in [-0.39, 0.29) is 0 Å². The van der Waals surface area contributed by atoms with Gasteiger partial charge in [0.05, 0.1) is 16.1 Å². The van der Waals surface area contributed by atoms with Gasteiger partial charge in [-0.3, -0.25) is 0 Å². The molecule has 0 aliphatic carbocycles. The molecule has 1 unspecified atom stereocenters. The highest BCUT2D eigenvalue weighted by Crippen LogP contribution is 2.23. The first-order valence-electron chi connectivity index (χ1n) is 10.2. The molecular formula is C23H38NO2PSi2. The summed E-state index contributed by atoms with van der Waals surface area (Å²) in [6.45, 7) is 15.7. The van der Waals surface area contributed by atoms with E-state index in [1.807, 2.05) is 0 Å². The van der Waals surface area contributed by atoms with Crippen LogP contribution in [0.2, 0.25) is 39.3 Å². The van der Waals surface area contributed by atoms with Gasteiger partial charge in [0.25, 0.3) is 0 Å². The third kappa shape index (κ3) is 6.76. The highest BCUT2D eigenvalue weighted by molar-refractivity contribution is 7.56. The van der Waals surface area contributed by atoms with E-state index in [0.717, 1.165) is 12.3 Å². The quantitative estimate of drug-likeness (QED) is 0.334. The fraction of sp³-hybridized carbons (Fsp3) is 0.478. The molecule has 0 aromatic heterocycles. The number of benzene rings is 2. The molecular weight excluding hydrogens is 409 g/mol. The lowest BCUT2D eigenvalue weighted by atomic mass is 10.2. The number of hydrogen-bond donors (Lipinski definition) is 0. The molecule has 6 heteroatoms. The molecule has 29 heavy (non-hydrogen) atoms. The first-order chi connectivity index (χ1) is 13.4. The molecule has 3 nitrogen and oxygen atoms in total. The molecule has 0 aliphatic heterocycles. The van der Waals surface area contributed by atoms with Crippen LogP contribution in [0.1, 0.15) is 5.56 Å². The Balaban J connectivity index is 2.65. The van der Waals surface area contributed by atoms with Crippen molar-refractivity contribution in [2.75, 3.05) is 28.0 Å². The summed E-state index contributed by atoms with van der Waals surface area (Å²) in [6.07, 6.45) is 0. The predicted octanol–water partition coefficient (Wildman–Crippen LogP) is 3.45. The van der Waals surface area contributed by atoms with Crippen LogP contribution in [0.3, 0.4) is 0 Å². The zero-order valence-corrected chi connectivity index (χ0v) is 22.6. The van der Waals surface area contributed by atoms with Gasteiger partial charge in [0.15, 0.2) is 6.79 Å². The summed E-state index contributed by atoms with van der Waals surface area (Å²) >= 11 is 0. The van der Waals surface area contributed by atoms with E-state index in [0.29, 0.717) is 15.4 Å². The lowest BCUT2D eigenvalue weighted by Crippen LogP contribution is -2.48. The molecule has 0 fully saturated rings. The third-order valence-electron chi connectivity index (χ3n) is 4.86. The Morgan fingerprint density at radius 3 is 2.10 bits per heavy atom. The molecule has 1 atom stereocenters. The van der Waals surface area contributed by atoms with Crippen molar-refractivity contribution in [1.29, 1.82) is 0 Å². The van der Waals surface area contributed by atoms with E-state index in [1.165, 1.54) is 26.5 Å². The lowest BCUT2D eigenvalue weighted by molar-refractivity contribution is 0.0526. The predicted molar refractivity (Wildman–Crippen MR) is 136 cm³/mol. The molecule has 2 aromatic rings. The van der Waals surface area contributed by atoms with E-state index in [4.69, 9.17) is 9.47 Å². The Hall–Kier alpha value is -0.976. The molecule has 0 saturated heterocycles. The Bertz CT molecular complexity index is 827. The van der Waals surface area contributed by atoms with Crippen molar-refractivity contribution in [2.24, 2.45) is 0 Å². The monoisotopic (exact) mass is 447 g/mol. The molecule has 0 heterocycles. The summed E-state index contributed by atoms with van der Waals surface area (Å²) < 4.78 is 11.5. The van der Waals surface area contributed by atoms with Gasteiger partial charge in [0.2, 0.25) is 0 Å². The van der Waals surface area contributed by atoms with Crippen molar-refractivity contribution in [3.05, 3.63) is 42.0 Å². The minimum absolute atomic E-state index is 0.292. The topological polar surface area (TPSA) is 21.7 Å². The second-order valence-corrected chi connectivity index (χ2v) is 21.4. The molecule has 160 valence electrons. The van der Waals surface area contributed by atoms with Gasteiger partial charge in [0, 0.05) is 19.0 Å². The molecule has 2 rings (SSSR count). The van der Waals surface area contributed by atoms with Crippen LogP contribution in [-0.4, -0.2) is 49.0 Å². The second kappa shape index (κ2) is 9.89. The van der Waals surface area contributed by atoms with Crippen molar-refractivity contribution in [2.45, 2.75) is 45.8 Å². The Morgan fingerprint density at radius 1 is 0.897 bits per heavy atom. The fourth-order valence-corrected chi connectivity index (χ4v) is 7.64. The van der Waals surface area contributed by atoms with E-state index < -0.39 is 16.1 Å². The summed E-state index contributed by atoms with van der Waals surface area (Å²) in [4.78, 5) is 2.23. The summed E-state index contributed by atoms with van der Waals surface area (Å²) in [6, 6.07) is 13.7. The zero-order valence-electron chi connectivity index (χ0n) is 19.6. The summed E-state index contributed by atoms with van der Waals surface area (Å²) in [5, 5.41) is 5.66. The van der Waals surface area contributed by atoms with Gasteiger partial charge in [-0.15, -0.1) is 0 Å². The normalized spacial score (nSPS) is 12.9. The maximum atomic E-state index is 6.23. The van der Waals surface area contributed by atoms with Gasteiger partial charge < -0.3 is 14.4 Å². The largest absolute Gasteiger partial charge is 0.467 e.